The summed E-state index contributed by atoms with van der Waals surface area (Å²) >= 11 is 0. The summed E-state index contributed by atoms with van der Waals surface area (Å²) in [5, 5.41) is 8.41. The van der Waals surface area contributed by atoms with Crippen molar-refractivity contribution in [2.24, 2.45) is 0 Å². The van der Waals surface area contributed by atoms with Crippen molar-refractivity contribution in [1.82, 2.24) is 0 Å². The molecule has 400 valence electrons. The van der Waals surface area contributed by atoms with Crippen LogP contribution in [0.25, 0.3) is 110 Å². The Bertz CT molecular complexity index is 5320. The summed E-state index contributed by atoms with van der Waals surface area (Å²) in [6, 6.07) is 100. The van der Waals surface area contributed by atoms with Gasteiger partial charge >= 0.3 is 0 Å². The molecule has 0 fully saturated rings. The number of fused-ring (bicyclic) bond motifs is 16. The molecule has 19 rings (SSSR count). The summed E-state index contributed by atoms with van der Waals surface area (Å²) in [6.45, 7) is -0.296. The topological polar surface area (TPSA) is 62.3 Å². The minimum atomic E-state index is -0.296. The maximum absolute atomic E-state index is 6.90. The van der Waals surface area contributed by atoms with Crippen LogP contribution in [0.3, 0.4) is 0 Å². The van der Waals surface area contributed by atoms with E-state index in [1.54, 1.807) is 0 Å². The highest BCUT2D eigenvalue weighted by Gasteiger charge is 2.45. The maximum Gasteiger partial charge on any atom is 0.252 e. The van der Waals surface area contributed by atoms with Gasteiger partial charge in [0.15, 0.2) is 0 Å². The summed E-state index contributed by atoms with van der Waals surface area (Å²) < 4.78 is 26.9. The van der Waals surface area contributed by atoms with E-state index >= 15 is 0 Å². The van der Waals surface area contributed by atoms with Gasteiger partial charge in [0.25, 0.3) is 6.71 Å². The molecule has 0 amide bonds. The Labute approximate surface area is 493 Å². The molecule has 0 atom stereocenters. The van der Waals surface area contributed by atoms with E-state index in [9.17, 15) is 0 Å². The molecule has 0 spiro atoms. The summed E-state index contributed by atoms with van der Waals surface area (Å²) in [4.78, 5) is 7.46. The minimum Gasteiger partial charge on any atom is -0.456 e. The molecule has 2 aliphatic heterocycles. The number of rotatable bonds is 7. The summed E-state index contributed by atoms with van der Waals surface area (Å²) in [7, 11) is 0. The average molecular weight is 1100 g/mol. The van der Waals surface area contributed by atoms with E-state index in [1.165, 1.54) is 0 Å². The van der Waals surface area contributed by atoms with Crippen LogP contribution in [0.15, 0.2) is 297 Å². The van der Waals surface area contributed by atoms with Crippen molar-refractivity contribution in [1.29, 1.82) is 0 Å². The Hall–Kier alpha value is -11.5. The second-order valence-corrected chi connectivity index (χ2v) is 22.7. The molecule has 7 nitrogen and oxygen atoms in total. The first-order valence-electron chi connectivity index (χ1n) is 29.2. The smallest absolute Gasteiger partial charge is 0.252 e. The zero-order valence-electron chi connectivity index (χ0n) is 46.1. The average Bonchev–Trinajstić information content (AvgIpc) is 0.930. The van der Waals surface area contributed by atoms with Crippen LogP contribution in [-0.4, -0.2) is 6.71 Å². The van der Waals surface area contributed by atoms with Crippen LogP contribution < -0.4 is 31.1 Å². The fourth-order valence-electron chi connectivity index (χ4n) is 14.2. The number of benzene rings is 13. The third kappa shape index (κ3) is 6.98. The van der Waals surface area contributed by atoms with Crippen LogP contribution in [-0.2, 0) is 0 Å². The Morgan fingerprint density at radius 3 is 1.03 bits per heavy atom. The van der Waals surface area contributed by atoms with Crippen LogP contribution in [0.2, 0.25) is 0 Å². The van der Waals surface area contributed by atoms with Gasteiger partial charge in [0.2, 0.25) is 0 Å². The Balaban J connectivity index is 0.970. The molecule has 0 aliphatic carbocycles. The van der Waals surface area contributed by atoms with Gasteiger partial charge < -0.3 is 32.4 Å². The van der Waals surface area contributed by atoms with Gasteiger partial charge in [0.1, 0.15) is 44.7 Å². The van der Waals surface area contributed by atoms with E-state index in [1.807, 2.05) is 12.1 Å². The molecule has 86 heavy (non-hydrogen) atoms. The largest absolute Gasteiger partial charge is 0.456 e. The predicted octanol–water partition coefficient (Wildman–Crippen LogP) is 20.2. The second kappa shape index (κ2) is 18.0. The van der Waals surface area contributed by atoms with Crippen LogP contribution in [0.5, 0.6) is 0 Å². The molecule has 17 aromatic rings. The zero-order valence-corrected chi connectivity index (χ0v) is 46.1. The molecule has 0 bridgehead atoms. The zero-order chi connectivity index (χ0) is 56.1. The molecule has 2 aliphatic rings. The molecule has 0 N–H and O–H groups in total. The maximum atomic E-state index is 6.90. The highest BCUT2D eigenvalue weighted by molar-refractivity contribution is 7.00. The van der Waals surface area contributed by atoms with E-state index in [2.05, 4.69) is 282 Å². The lowest BCUT2D eigenvalue weighted by Gasteiger charge is -2.45. The van der Waals surface area contributed by atoms with E-state index in [4.69, 9.17) is 17.7 Å². The lowest BCUT2D eigenvalue weighted by molar-refractivity contribution is 0.668. The molecule has 0 saturated heterocycles. The summed E-state index contributed by atoms with van der Waals surface area (Å²) in [6.07, 6.45) is 0. The van der Waals surface area contributed by atoms with Crippen molar-refractivity contribution >= 4 is 162 Å². The van der Waals surface area contributed by atoms with E-state index in [0.717, 1.165) is 178 Å². The van der Waals surface area contributed by atoms with Crippen molar-refractivity contribution in [3.8, 4) is 22.3 Å². The van der Waals surface area contributed by atoms with Crippen LogP contribution >= 0.6 is 0 Å². The van der Waals surface area contributed by atoms with Crippen molar-refractivity contribution in [2.75, 3.05) is 14.7 Å². The van der Waals surface area contributed by atoms with Crippen LogP contribution in [0.4, 0.5) is 51.2 Å². The second-order valence-electron chi connectivity index (χ2n) is 22.7. The fourth-order valence-corrected chi connectivity index (χ4v) is 14.2. The van der Waals surface area contributed by atoms with Gasteiger partial charge in [0, 0.05) is 88.6 Å². The predicted molar refractivity (Wildman–Crippen MR) is 355 cm³/mol. The van der Waals surface area contributed by atoms with Gasteiger partial charge in [-0.3, -0.25) is 0 Å². The summed E-state index contributed by atoms with van der Waals surface area (Å²) in [5.74, 6) is 0. The minimum absolute atomic E-state index is 0.296. The SMILES string of the molecule is c1ccc(-c2cccc(N(c3cccc(-c4ccccc4)c3)c3cc4c5c(c3)N(c3ccc6oc7ccccc7c6c3)c3cc6c(cc3B5c3cc5oc7ccccc7c5cc3N4c3ccc4oc5ccccc5c4c3)oc3ccccc36)c2)cc1. The third-order valence-corrected chi connectivity index (χ3v) is 18.0. The molecule has 6 heterocycles. The van der Waals surface area contributed by atoms with Crippen molar-refractivity contribution in [2.45, 2.75) is 0 Å². The first-order chi connectivity index (χ1) is 42.6. The molecule has 13 aromatic carbocycles. The number of furan rings is 4. The van der Waals surface area contributed by atoms with E-state index in [0.29, 0.717) is 0 Å². The molecule has 8 heteroatoms. The molecule has 4 aromatic heterocycles. The Morgan fingerprint density at radius 1 is 0.244 bits per heavy atom. The monoisotopic (exact) mass is 1100 g/mol. The number of anilines is 9. The van der Waals surface area contributed by atoms with Gasteiger partial charge in [0.05, 0.1) is 5.69 Å². The third-order valence-electron chi connectivity index (χ3n) is 18.0. The van der Waals surface area contributed by atoms with Gasteiger partial charge in [-0.1, -0.05) is 158 Å². The van der Waals surface area contributed by atoms with Crippen molar-refractivity contribution in [3.63, 3.8) is 0 Å². The molecule has 0 unspecified atom stereocenters. The normalized spacial score (nSPS) is 12.8. The quantitative estimate of drug-likeness (QED) is 0.147. The highest BCUT2D eigenvalue weighted by Crippen LogP contribution is 2.52. The van der Waals surface area contributed by atoms with Gasteiger partial charge in [-0.25, -0.2) is 0 Å². The van der Waals surface area contributed by atoms with Crippen LogP contribution in [0, 0.1) is 0 Å². The van der Waals surface area contributed by atoms with E-state index in [-0.39, 0.29) is 6.71 Å². The Morgan fingerprint density at radius 2 is 0.605 bits per heavy atom. The number of hydrogen-bond acceptors (Lipinski definition) is 7. The van der Waals surface area contributed by atoms with Gasteiger partial charge in [-0.15, -0.1) is 0 Å². The number of hydrogen-bond donors (Lipinski definition) is 0. The molecular weight excluding hydrogens is 1050 g/mol. The summed E-state index contributed by atoms with van der Waals surface area (Å²) in [5.41, 5.74) is 23.8. The lowest BCUT2D eigenvalue weighted by atomic mass is 9.33. The van der Waals surface area contributed by atoms with Crippen LogP contribution in [0.1, 0.15) is 0 Å². The van der Waals surface area contributed by atoms with E-state index < -0.39 is 0 Å². The Kier molecular flexibility index (Phi) is 9.86. The lowest BCUT2D eigenvalue weighted by Crippen LogP contribution is -2.61. The molecule has 0 radical (unpaired) electrons. The fraction of sp³-hybridized carbons (Fsp3) is 0. The highest BCUT2D eigenvalue weighted by atomic mass is 16.3. The number of para-hydroxylation sites is 4. The molecular formula is C78H46BN3O4. The number of nitrogens with zero attached hydrogens (tertiary/aromatic N) is 3. The van der Waals surface area contributed by atoms with Crippen molar-refractivity contribution in [3.05, 3.63) is 279 Å². The standard InChI is InChI=1S/C78H46BN3O4/c1-3-17-47(18-4-1)49-21-15-23-51(37-49)80(52-24-16-22-50(38-52)48-19-5-2-6-20-48)55-41-68-78-69(42-55)82(54-34-36-75-61(40-54)57-26-8-12-30-71(57)84-75)67-44-63-59-28-10-14-32-73(59)86-77(63)46-65(67)79(78)64-45-76-62(58-27-9-13-31-72(58)85-76)43-66(64)81(68)53-33-35-74-60(39-53)56-25-7-11-29-70(56)83-74/h1-46H. The molecule has 0 saturated carbocycles. The first kappa shape index (κ1) is 47.1. The van der Waals surface area contributed by atoms with Gasteiger partial charge in [-0.2, -0.15) is 0 Å². The first-order valence-corrected chi connectivity index (χ1v) is 29.2. The van der Waals surface area contributed by atoms with Gasteiger partial charge in [-0.05, 0) is 160 Å². The van der Waals surface area contributed by atoms with Crippen molar-refractivity contribution < 1.29 is 17.7 Å².